The Hall–Kier alpha value is -0.160. The van der Waals surface area contributed by atoms with E-state index in [-0.39, 0.29) is 0 Å². The Balaban J connectivity index is 1.98. The summed E-state index contributed by atoms with van der Waals surface area (Å²) in [5.74, 6) is 1.62. The molecule has 0 unspecified atom stereocenters. The zero-order valence-corrected chi connectivity index (χ0v) is 11.2. The fraction of sp³-hybridized carbons (Fsp3) is 0.583. The molecule has 2 atom stereocenters. The topological polar surface area (TPSA) is 24.9 Å². The highest BCUT2D eigenvalue weighted by atomic mass is 127. The van der Waals surface area contributed by atoms with Crippen LogP contribution in [0.5, 0.6) is 0 Å². The Kier molecular flexibility index (Phi) is 3.97. The molecule has 82 valence electrons. The molecule has 2 nitrogen and oxygen atoms in total. The fourth-order valence-electron chi connectivity index (χ4n) is 2.20. The van der Waals surface area contributed by atoms with Crippen LogP contribution in [0, 0.1) is 15.5 Å². The Morgan fingerprint density at radius 3 is 3.07 bits per heavy atom. The monoisotopic (exact) mass is 316 g/mol. The lowest BCUT2D eigenvalue weighted by atomic mass is 9.83. The van der Waals surface area contributed by atoms with Crippen LogP contribution in [0.25, 0.3) is 0 Å². The van der Waals surface area contributed by atoms with E-state index in [0.29, 0.717) is 0 Å². The van der Waals surface area contributed by atoms with Crippen molar-refractivity contribution in [3.05, 3.63) is 27.6 Å². The first-order chi connectivity index (χ1) is 7.25. The van der Waals surface area contributed by atoms with Gasteiger partial charge in [0.25, 0.3) is 0 Å². The molecular weight excluding hydrogens is 299 g/mol. The predicted octanol–water partition coefficient (Wildman–Crippen LogP) is 2.47. The summed E-state index contributed by atoms with van der Waals surface area (Å²) in [6, 6.07) is 4.31. The Bertz CT molecular complexity index is 310. The molecule has 1 aromatic rings. The molecule has 0 aromatic carbocycles. The van der Waals surface area contributed by atoms with Crippen LogP contribution in [0.2, 0.25) is 0 Å². The largest absolute Gasteiger partial charge is 0.316 e. The molecule has 15 heavy (non-hydrogen) atoms. The number of nitrogens with one attached hydrogen (secondary N) is 1. The number of aromatic nitrogens is 1. The third kappa shape index (κ3) is 3.14. The molecule has 0 aliphatic carbocycles. The van der Waals surface area contributed by atoms with Gasteiger partial charge in [-0.15, -0.1) is 0 Å². The minimum absolute atomic E-state index is 0.790. The molecule has 0 saturated carbocycles. The number of halogens is 1. The van der Waals surface area contributed by atoms with Crippen LogP contribution in [0.4, 0.5) is 0 Å². The summed E-state index contributed by atoms with van der Waals surface area (Å²) in [6.45, 7) is 4.69. The average Bonchev–Trinajstić information content (AvgIpc) is 2.25. The first-order valence-electron chi connectivity index (χ1n) is 5.57. The predicted molar refractivity (Wildman–Crippen MR) is 70.8 cm³/mol. The molecule has 1 saturated heterocycles. The van der Waals surface area contributed by atoms with Crippen LogP contribution in [0.1, 0.15) is 18.9 Å². The molecule has 1 aliphatic rings. The van der Waals surface area contributed by atoms with E-state index in [1.165, 1.54) is 31.5 Å². The summed E-state index contributed by atoms with van der Waals surface area (Å²) in [7, 11) is 0. The van der Waals surface area contributed by atoms with E-state index < -0.39 is 0 Å². The molecule has 2 rings (SSSR count). The van der Waals surface area contributed by atoms with Gasteiger partial charge in [-0.3, -0.25) is 4.98 Å². The van der Waals surface area contributed by atoms with E-state index in [0.717, 1.165) is 15.5 Å². The van der Waals surface area contributed by atoms with E-state index >= 15 is 0 Å². The maximum atomic E-state index is 4.34. The summed E-state index contributed by atoms with van der Waals surface area (Å²) in [4.78, 5) is 4.34. The summed E-state index contributed by atoms with van der Waals surface area (Å²) in [5.41, 5.74) is 1.38. The average molecular weight is 316 g/mol. The molecule has 1 aromatic heterocycles. The van der Waals surface area contributed by atoms with Gasteiger partial charge in [-0.25, -0.2) is 0 Å². The van der Waals surface area contributed by atoms with Gasteiger partial charge in [0, 0.05) is 6.20 Å². The van der Waals surface area contributed by atoms with Crippen LogP contribution >= 0.6 is 22.6 Å². The van der Waals surface area contributed by atoms with Gasteiger partial charge in [-0.2, -0.15) is 0 Å². The van der Waals surface area contributed by atoms with Crippen LogP contribution < -0.4 is 5.32 Å². The number of pyridine rings is 1. The molecule has 1 aliphatic heterocycles. The highest BCUT2D eigenvalue weighted by Crippen LogP contribution is 2.22. The lowest BCUT2D eigenvalue weighted by Gasteiger charge is -2.29. The van der Waals surface area contributed by atoms with Crippen molar-refractivity contribution < 1.29 is 0 Å². The van der Waals surface area contributed by atoms with E-state index in [9.17, 15) is 0 Å². The standard InChI is InChI=1S/C12H17IN2/c1-9-7-14-5-4-11(9)6-10-2-3-12(13)15-8-10/h2-3,8-9,11,14H,4-7H2,1H3/t9-,11+/m1/s1. The summed E-state index contributed by atoms with van der Waals surface area (Å²) in [6.07, 6.45) is 4.51. The van der Waals surface area contributed by atoms with Gasteiger partial charge >= 0.3 is 0 Å². The number of nitrogens with zero attached hydrogens (tertiary/aromatic N) is 1. The second-order valence-electron chi connectivity index (χ2n) is 4.42. The maximum absolute atomic E-state index is 4.34. The second-order valence-corrected chi connectivity index (χ2v) is 5.53. The Morgan fingerprint density at radius 2 is 2.40 bits per heavy atom. The van der Waals surface area contributed by atoms with Crippen molar-refractivity contribution in [1.82, 2.24) is 10.3 Å². The number of hydrogen-bond donors (Lipinski definition) is 1. The first kappa shape index (κ1) is 11.3. The maximum Gasteiger partial charge on any atom is 0.101 e. The zero-order chi connectivity index (χ0) is 10.7. The van der Waals surface area contributed by atoms with Crippen molar-refractivity contribution in [2.45, 2.75) is 19.8 Å². The Labute approximate surface area is 105 Å². The van der Waals surface area contributed by atoms with Crippen LogP contribution in [-0.2, 0) is 6.42 Å². The van der Waals surface area contributed by atoms with Gasteiger partial charge in [0.2, 0.25) is 0 Å². The SMILES string of the molecule is C[C@@H]1CNCC[C@H]1Cc1ccc(I)nc1. The minimum Gasteiger partial charge on any atom is -0.316 e. The van der Waals surface area contributed by atoms with Gasteiger partial charge < -0.3 is 5.32 Å². The zero-order valence-electron chi connectivity index (χ0n) is 9.04. The van der Waals surface area contributed by atoms with Crippen molar-refractivity contribution in [2.24, 2.45) is 11.8 Å². The number of piperidine rings is 1. The molecule has 0 spiro atoms. The molecule has 0 radical (unpaired) electrons. The van der Waals surface area contributed by atoms with E-state index in [1.54, 1.807) is 0 Å². The van der Waals surface area contributed by atoms with Gasteiger partial charge in [0.1, 0.15) is 3.70 Å². The smallest absolute Gasteiger partial charge is 0.101 e. The highest BCUT2D eigenvalue weighted by molar-refractivity contribution is 14.1. The first-order valence-corrected chi connectivity index (χ1v) is 6.64. The fourth-order valence-corrected chi connectivity index (χ4v) is 2.52. The molecule has 0 amide bonds. The minimum atomic E-state index is 0.790. The normalized spacial score (nSPS) is 26.5. The van der Waals surface area contributed by atoms with Gasteiger partial charge in [-0.05, 0) is 72.0 Å². The lowest BCUT2D eigenvalue weighted by molar-refractivity contribution is 0.272. The Morgan fingerprint density at radius 1 is 1.53 bits per heavy atom. The second kappa shape index (κ2) is 5.25. The van der Waals surface area contributed by atoms with E-state index in [1.807, 2.05) is 6.20 Å². The van der Waals surface area contributed by atoms with Gasteiger partial charge in [0.15, 0.2) is 0 Å². The van der Waals surface area contributed by atoms with Crippen LogP contribution in [0.3, 0.4) is 0 Å². The number of hydrogen-bond acceptors (Lipinski definition) is 2. The third-order valence-corrected chi connectivity index (χ3v) is 3.89. The summed E-state index contributed by atoms with van der Waals surface area (Å²) in [5, 5.41) is 3.44. The third-order valence-electron chi connectivity index (χ3n) is 3.25. The molecule has 0 bridgehead atoms. The van der Waals surface area contributed by atoms with E-state index in [4.69, 9.17) is 0 Å². The van der Waals surface area contributed by atoms with Crippen molar-refractivity contribution >= 4 is 22.6 Å². The summed E-state index contributed by atoms with van der Waals surface area (Å²) >= 11 is 2.25. The molecule has 1 N–H and O–H groups in total. The van der Waals surface area contributed by atoms with Crippen molar-refractivity contribution in [1.29, 1.82) is 0 Å². The van der Waals surface area contributed by atoms with Crippen molar-refractivity contribution in [3.8, 4) is 0 Å². The van der Waals surface area contributed by atoms with Gasteiger partial charge in [0.05, 0.1) is 0 Å². The van der Waals surface area contributed by atoms with Crippen LogP contribution in [-0.4, -0.2) is 18.1 Å². The van der Waals surface area contributed by atoms with Gasteiger partial charge in [-0.1, -0.05) is 13.0 Å². The lowest BCUT2D eigenvalue weighted by Crippen LogP contribution is -2.35. The number of rotatable bonds is 2. The molecule has 1 fully saturated rings. The van der Waals surface area contributed by atoms with Crippen molar-refractivity contribution in [3.63, 3.8) is 0 Å². The quantitative estimate of drug-likeness (QED) is 0.670. The molecular formula is C12H17IN2. The van der Waals surface area contributed by atoms with Crippen molar-refractivity contribution in [2.75, 3.05) is 13.1 Å². The van der Waals surface area contributed by atoms with Crippen LogP contribution in [0.15, 0.2) is 18.3 Å². The summed E-state index contributed by atoms with van der Waals surface area (Å²) < 4.78 is 1.08. The van der Waals surface area contributed by atoms with E-state index in [2.05, 4.69) is 51.9 Å². The molecule has 2 heterocycles. The highest BCUT2D eigenvalue weighted by Gasteiger charge is 2.20. The molecule has 3 heteroatoms.